The molecule has 2 aliphatic rings. The summed E-state index contributed by atoms with van der Waals surface area (Å²) in [6.07, 6.45) is 1.19. The Kier molecular flexibility index (Phi) is 4.52. The van der Waals surface area contributed by atoms with Crippen molar-refractivity contribution in [2.75, 3.05) is 6.54 Å². The third-order valence-electron chi connectivity index (χ3n) is 5.46. The number of aromatic nitrogens is 2. The molecule has 0 N–H and O–H groups in total. The second kappa shape index (κ2) is 6.61. The average Bonchev–Trinajstić information content (AvgIpc) is 3.23. The van der Waals surface area contributed by atoms with Crippen molar-refractivity contribution < 1.29 is 18.0 Å². The van der Waals surface area contributed by atoms with Gasteiger partial charge >= 0.3 is 6.18 Å². The number of rotatable bonds is 5. The van der Waals surface area contributed by atoms with E-state index in [2.05, 4.69) is 4.98 Å². The molecule has 0 bridgehead atoms. The number of hydrogen-bond acceptors (Lipinski definition) is 4. The first-order valence-electron chi connectivity index (χ1n) is 9.10. The van der Waals surface area contributed by atoms with Crippen molar-refractivity contribution in [2.24, 2.45) is 5.92 Å². The molecule has 2 aliphatic carbocycles. The summed E-state index contributed by atoms with van der Waals surface area (Å²) in [5.74, 6) is -0.587. The molecule has 1 unspecified atom stereocenters. The Bertz CT molecular complexity index is 946. The second-order valence-corrected chi connectivity index (χ2v) is 8.51. The monoisotopic (exact) mass is 399 g/mol. The number of hydrogen-bond donors (Lipinski definition) is 0. The van der Waals surface area contributed by atoms with Gasteiger partial charge in [-0.3, -0.25) is 14.2 Å². The number of carbonyl (C=O) groups excluding carboxylic acids is 1. The van der Waals surface area contributed by atoms with Gasteiger partial charge in [0, 0.05) is 10.9 Å². The van der Waals surface area contributed by atoms with Crippen LogP contribution in [0.5, 0.6) is 0 Å². The van der Waals surface area contributed by atoms with E-state index >= 15 is 0 Å². The van der Waals surface area contributed by atoms with E-state index in [9.17, 15) is 22.8 Å². The fraction of sp³-hybridized carbons (Fsp3) is 0.611. The van der Waals surface area contributed by atoms with Crippen LogP contribution in [-0.4, -0.2) is 39.1 Å². The molecule has 0 radical (unpaired) electrons. The standard InChI is InChI=1S/C18H20F3N3O2S/c1-10(11-5-6-11)24(8-18(19,20)21)14(25)7-23-9-22-16-15(17(23)26)12-3-2-4-13(12)27-16/h9-11H,2-8H2,1H3. The lowest BCUT2D eigenvalue weighted by molar-refractivity contribution is -0.166. The molecule has 2 heterocycles. The summed E-state index contributed by atoms with van der Waals surface area (Å²) in [6, 6.07) is -0.489. The van der Waals surface area contributed by atoms with Crippen molar-refractivity contribution in [2.45, 2.75) is 57.8 Å². The molecule has 146 valence electrons. The number of thiophene rings is 1. The molecular weight excluding hydrogens is 379 g/mol. The van der Waals surface area contributed by atoms with Crippen LogP contribution in [0.3, 0.4) is 0 Å². The molecule has 1 saturated carbocycles. The normalized spacial score (nSPS) is 17.9. The highest BCUT2D eigenvalue weighted by Gasteiger charge is 2.40. The number of amides is 1. The van der Waals surface area contributed by atoms with Crippen LogP contribution < -0.4 is 5.56 Å². The largest absolute Gasteiger partial charge is 0.406 e. The zero-order chi connectivity index (χ0) is 19.3. The topological polar surface area (TPSA) is 55.2 Å². The number of fused-ring (bicyclic) bond motifs is 3. The van der Waals surface area contributed by atoms with E-state index in [4.69, 9.17) is 0 Å². The Balaban J connectivity index is 1.62. The summed E-state index contributed by atoms with van der Waals surface area (Å²) in [4.78, 5) is 32.4. The van der Waals surface area contributed by atoms with Crippen LogP contribution in [0.1, 0.15) is 36.6 Å². The van der Waals surface area contributed by atoms with Crippen molar-refractivity contribution >= 4 is 27.5 Å². The van der Waals surface area contributed by atoms with Gasteiger partial charge in [0.2, 0.25) is 5.91 Å². The van der Waals surface area contributed by atoms with Gasteiger partial charge in [-0.05, 0) is 50.5 Å². The van der Waals surface area contributed by atoms with E-state index in [1.165, 1.54) is 17.7 Å². The van der Waals surface area contributed by atoms with Gasteiger partial charge in [0.1, 0.15) is 17.9 Å². The van der Waals surface area contributed by atoms with E-state index in [1.807, 2.05) is 0 Å². The van der Waals surface area contributed by atoms with Gasteiger partial charge < -0.3 is 4.90 Å². The number of nitrogens with zero attached hydrogens (tertiary/aromatic N) is 3. The maximum absolute atomic E-state index is 13.0. The molecule has 1 atom stereocenters. The molecule has 9 heteroatoms. The number of aryl methyl sites for hydroxylation is 2. The summed E-state index contributed by atoms with van der Waals surface area (Å²) in [5.41, 5.74) is 0.659. The quantitative estimate of drug-likeness (QED) is 0.776. The summed E-state index contributed by atoms with van der Waals surface area (Å²) in [7, 11) is 0. The third kappa shape index (κ3) is 3.61. The van der Waals surface area contributed by atoms with Gasteiger partial charge in [-0.25, -0.2) is 4.98 Å². The Hall–Kier alpha value is -1.90. The lowest BCUT2D eigenvalue weighted by Crippen LogP contribution is -2.47. The van der Waals surface area contributed by atoms with Crippen molar-refractivity contribution in [3.63, 3.8) is 0 Å². The van der Waals surface area contributed by atoms with Crippen molar-refractivity contribution in [3.8, 4) is 0 Å². The molecule has 1 amide bonds. The Morgan fingerprint density at radius 2 is 2.15 bits per heavy atom. The summed E-state index contributed by atoms with van der Waals surface area (Å²) in [6.45, 7) is -0.0570. The summed E-state index contributed by atoms with van der Waals surface area (Å²) < 4.78 is 40.1. The molecule has 5 nitrogen and oxygen atoms in total. The highest BCUT2D eigenvalue weighted by atomic mass is 32.1. The minimum Gasteiger partial charge on any atom is -0.329 e. The molecule has 1 fully saturated rings. The van der Waals surface area contributed by atoms with E-state index in [0.717, 1.165) is 52.0 Å². The van der Waals surface area contributed by atoms with Gasteiger partial charge in [0.15, 0.2) is 0 Å². The number of halogens is 3. The molecular formula is C18H20F3N3O2S. The fourth-order valence-electron chi connectivity index (χ4n) is 3.85. The van der Waals surface area contributed by atoms with Crippen LogP contribution in [0.4, 0.5) is 13.2 Å². The zero-order valence-electron chi connectivity index (χ0n) is 14.9. The third-order valence-corrected chi connectivity index (χ3v) is 6.66. The fourth-order valence-corrected chi connectivity index (χ4v) is 5.07. The minimum atomic E-state index is -4.47. The zero-order valence-corrected chi connectivity index (χ0v) is 15.7. The predicted octanol–water partition coefficient (Wildman–Crippen LogP) is 3.14. The van der Waals surface area contributed by atoms with Gasteiger partial charge in [-0.1, -0.05) is 0 Å². The van der Waals surface area contributed by atoms with Gasteiger partial charge in [-0.2, -0.15) is 13.2 Å². The van der Waals surface area contributed by atoms with E-state index in [1.54, 1.807) is 6.92 Å². The Morgan fingerprint density at radius 3 is 2.81 bits per heavy atom. The van der Waals surface area contributed by atoms with Crippen LogP contribution in [0.25, 0.3) is 10.2 Å². The van der Waals surface area contributed by atoms with Crippen molar-refractivity contribution in [1.29, 1.82) is 0 Å². The molecule has 0 saturated heterocycles. The Labute approximate surface area is 157 Å². The average molecular weight is 399 g/mol. The molecule has 2 aromatic rings. The molecule has 2 aromatic heterocycles. The van der Waals surface area contributed by atoms with Crippen molar-refractivity contribution in [1.82, 2.24) is 14.5 Å². The van der Waals surface area contributed by atoms with Crippen LogP contribution in [0, 0.1) is 5.92 Å². The van der Waals surface area contributed by atoms with Gasteiger partial charge in [0.05, 0.1) is 11.7 Å². The molecule has 0 spiro atoms. The van der Waals surface area contributed by atoms with Crippen LogP contribution >= 0.6 is 11.3 Å². The predicted molar refractivity (Wildman–Crippen MR) is 95.9 cm³/mol. The van der Waals surface area contributed by atoms with Crippen LogP contribution in [-0.2, 0) is 24.2 Å². The second-order valence-electron chi connectivity index (χ2n) is 7.43. The van der Waals surface area contributed by atoms with E-state index < -0.39 is 31.2 Å². The molecule has 4 rings (SSSR count). The lowest BCUT2D eigenvalue weighted by Gasteiger charge is -2.30. The summed E-state index contributed by atoms with van der Waals surface area (Å²) >= 11 is 1.49. The summed E-state index contributed by atoms with van der Waals surface area (Å²) in [5, 5.41) is 0.528. The highest BCUT2D eigenvalue weighted by Crippen LogP contribution is 2.36. The smallest absolute Gasteiger partial charge is 0.329 e. The first-order valence-corrected chi connectivity index (χ1v) is 9.92. The van der Waals surface area contributed by atoms with Crippen molar-refractivity contribution in [3.05, 3.63) is 27.1 Å². The molecule has 27 heavy (non-hydrogen) atoms. The molecule has 0 aromatic carbocycles. The van der Waals surface area contributed by atoms with E-state index in [-0.39, 0.29) is 11.5 Å². The first kappa shape index (κ1) is 18.5. The van der Waals surface area contributed by atoms with Gasteiger partial charge in [0.25, 0.3) is 5.56 Å². The van der Waals surface area contributed by atoms with E-state index in [0.29, 0.717) is 10.2 Å². The van der Waals surface area contributed by atoms with Crippen LogP contribution in [0.15, 0.2) is 11.1 Å². The maximum Gasteiger partial charge on any atom is 0.406 e. The molecule has 0 aliphatic heterocycles. The Morgan fingerprint density at radius 1 is 1.41 bits per heavy atom. The SMILES string of the molecule is CC(C1CC1)N(CC(F)(F)F)C(=O)Cn1cnc2sc3c(c2c1=O)CCC3. The number of carbonyl (C=O) groups is 1. The first-order chi connectivity index (χ1) is 12.7. The van der Waals surface area contributed by atoms with Gasteiger partial charge in [-0.15, -0.1) is 11.3 Å². The lowest BCUT2D eigenvalue weighted by atomic mass is 10.1. The minimum absolute atomic E-state index is 0.105. The highest BCUT2D eigenvalue weighted by molar-refractivity contribution is 7.18. The maximum atomic E-state index is 13.0. The van der Waals surface area contributed by atoms with Crippen LogP contribution in [0.2, 0.25) is 0 Å². The number of alkyl halides is 3.